The van der Waals surface area contributed by atoms with E-state index >= 15 is 0 Å². The Bertz CT molecular complexity index is 1420. The van der Waals surface area contributed by atoms with E-state index in [1.807, 2.05) is 0 Å². The molecule has 3 N–H and O–H groups in total. The van der Waals surface area contributed by atoms with Crippen molar-refractivity contribution in [2.45, 2.75) is 38.0 Å². The Morgan fingerprint density at radius 1 is 0.947 bits per heavy atom. The summed E-state index contributed by atoms with van der Waals surface area (Å²) in [7, 11) is -4.17. The van der Waals surface area contributed by atoms with Gasteiger partial charge in [-0.25, -0.2) is 9.17 Å². The number of nitrogens with zero attached hydrogens (tertiary/aromatic N) is 5. The average Bonchev–Trinajstić information content (AvgIpc) is 2.76. The van der Waals surface area contributed by atoms with Gasteiger partial charge in [0.25, 0.3) is 10.1 Å². The largest absolute Gasteiger partial charge is 0.433 e. The highest BCUT2D eigenvalue weighted by molar-refractivity contribution is 7.86. The van der Waals surface area contributed by atoms with Gasteiger partial charge in [-0.15, -0.1) is 0 Å². The first kappa shape index (κ1) is 28.9. The van der Waals surface area contributed by atoms with Crippen molar-refractivity contribution in [2.75, 3.05) is 16.9 Å². The van der Waals surface area contributed by atoms with Crippen molar-refractivity contribution in [1.29, 1.82) is 0 Å². The van der Waals surface area contributed by atoms with E-state index in [2.05, 4.69) is 35.6 Å². The van der Waals surface area contributed by atoms with Gasteiger partial charge in [-0.2, -0.15) is 49.7 Å². The summed E-state index contributed by atoms with van der Waals surface area (Å²) in [6.07, 6.45) is -9.56. The lowest BCUT2D eigenvalue weighted by molar-refractivity contribution is -0.141. The molecular weight excluding hydrogens is 548 g/mol. The molecule has 0 bridgehead atoms. The van der Waals surface area contributed by atoms with Crippen molar-refractivity contribution in [1.82, 2.24) is 24.9 Å². The molecule has 3 aromatic heterocycles. The lowest BCUT2D eigenvalue weighted by Gasteiger charge is -2.32. The molecule has 0 spiro atoms. The van der Waals surface area contributed by atoms with Crippen LogP contribution in [0, 0.1) is 0 Å². The van der Waals surface area contributed by atoms with Crippen LogP contribution in [0.1, 0.15) is 25.2 Å². The van der Waals surface area contributed by atoms with Crippen molar-refractivity contribution in [3.8, 4) is 11.5 Å². The van der Waals surface area contributed by atoms with Crippen LogP contribution in [-0.4, -0.2) is 56.5 Å². The molecule has 18 heteroatoms. The quantitative estimate of drug-likeness (QED) is 0.208. The number of aromatic nitrogens is 5. The van der Waals surface area contributed by atoms with Crippen molar-refractivity contribution in [3.05, 3.63) is 47.9 Å². The maximum atomic E-state index is 13.2. The molecule has 3 aromatic rings. The summed E-state index contributed by atoms with van der Waals surface area (Å²) in [6.45, 7) is 2.29. The number of hydrogen-bond acceptors (Lipinski definition) is 11. The van der Waals surface area contributed by atoms with Crippen molar-refractivity contribution >= 4 is 27.7 Å². The Morgan fingerprint density at radius 3 is 2.16 bits per heavy atom. The molecule has 0 radical (unpaired) electrons. The van der Waals surface area contributed by atoms with E-state index in [0.29, 0.717) is 18.4 Å². The van der Waals surface area contributed by atoms with Crippen molar-refractivity contribution in [2.24, 2.45) is 0 Å². The maximum Gasteiger partial charge on any atom is 0.433 e. The van der Waals surface area contributed by atoms with Gasteiger partial charge in [-0.1, -0.05) is 6.07 Å². The first-order valence-corrected chi connectivity index (χ1v) is 12.2. The number of halogens is 6. The molecular formula is C20H19F6N7O4S. The highest BCUT2D eigenvalue weighted by Crippen LogP contribution is 2.31. The normalized spacial score (nSPS) is 15.0. The lowest BCUT2D eigenvalue weighted by Crippen LogP contribution is -2.49. The summed E-state index contributed by atoms with van der Waals surface area (Å²) in [5.41, 5.74) is -5.21. The number of nitrogens with one attached hydrogen (secondary N) is 2. The van der Waals surface area contributed by atoms with E-state index in [9.17, 15) is 39.9 Å². The predicted molar refractivity (Wildman–Crippen MR) is 120 cm³/mol. The van der Waals surface area contributed by atoms with Gasteiger partial charge >= 0.3 is 12.4 Å². The van der Waals surface area contributed by atoms with Crippen LogP contribution in [0.15, 0.2) is 36.5 Å². The van der Waals surface area contributed by atoms with Gasteiger partial charge in [0, 0.05) is 11.9 Å². The van der Waals surface area contributed by atoms with Gasteiger partial charge in [0.1, 0.15) is 17.1 Å². The molecule has 11 nitrogen and oxygen atoms in total. The second kappa shape index (κ2) is 10.3. The van der Waals surface area contributed by atoms with Gasteiger partial charge in [-0.05, 0) is 38.1 Å². The molecule has 3 rings (SSSR count). The molecule has 0 saturated carbocycles. The van der Waals surface area contributed by atoms with E-state index < -0.39 is 69.1 Å². The van der Waals surface area contributed by atoms with Gasteiger partial charge in [0.05, 0.1) is 12.4 Å². The summed E-state index contributed by atoms with van der Waals surface area (Å²) in [5.74, 6) is -1.47. The molecule has 0 aliphatic rings. The number of anilines is 3. The second-order valence-electron chi connectivity index (χ2n) is 7.96. The van der Waals surface area contributed by atoms with Crippen LogP contribution < -0.4 is 10.6 Å². The van der Waals surface area contributed by atoms with Crippen LogP contribution in [-0.2, 0) is 26.7 Å². The molecule has 3 heterocycles. The number of rotatable bonds is 8. The third-order valence-corrected chi connectivity index (χ3v) is 5.34. The lowest BCUT2D eigenvalue weighted by atomic mass is 10.1. The fourth-order valence-electron chi connectivity index (χ4n) is 2.84. The van der Waals surface area contributed by atoms with Crippen LogP contribution in [0.3, 0.4) is 0 Å². The van der Waals surface area contributed by atoms with Gasteiger partial charge < -0.3 is 15.7 Å². The molecule has 2 atom stereocenters. The predicted octanol–water partition coefficient (Wildman–Crippen LogP) is 3.59. The Kier molecular flexibility index (Phi) is 7.81. The van der Waals surface area contributed by atoms with Gasteiger partial charge in [-0.3, -0.25) is 4.98 Å². The number of aliphatic hydroxyl groups excluding tert-OH is 1. The van der Waals surface area contributed by atoms with Crippen LogP contribution in [0.2, 0.25) is 0 Å². The smallest absolute Gasteiger partial charge is 0.388 e. The van der Waals surface area contributed by atoms with Gasteiger partial charge in [0.15, 0.2) is 11.5 Å². The maximum absolute atomic E-state index is 13.2. The second-order valence-corrected chi connectivity index (χ2v) is 9.53. The first-order chi connectivity index (χ1) is 17.4. The SMILES string of the molecule is CC(O)C(C)(Nc1nc(Nc2ccnc(C(F)(F)F)c2)nc(-c2cccc(C(F)(F)F)n2)n1)OS(C)(=O)=O. The Labute approximate surface area is 211 Å². The summed E-state index contributed by atoms with van der Waals surface area (Å²) in [6, 6.07) is 4.63. The van der Waals surface area contributed by atoms with E-state index in [0.717, 1.165) is 31.3 Å². The molecule has 0 aliphatic carbocycles. The summed E-state index contributed by atoms with van der Waals surface area (Å²) in [4.78, 5) is 18.5. The highest BCUT2D eigenvalue weighted by Gasteiger charge is 2.37. The summed E-state index contributed by atoms with van der Waals surface area (Å²) < 4.78 is 107. The average molecular weight is 567 g/mol. The zero-order valence-electron chi connectivity index (χ0n) is 19.6. The van der Waals surface area contributed by atoms with Gasteiger partial charge in [0.2, 0.25) is 11.9 Å². The van der Waals surface area contributed by atoms with E-state index in [1.165, 1.54) is 6.92 Å². The Morgan fingerprint density at radius 2 is 1.58 bits per heavy atom. The third kappa shape index (κ3) is 7.45. The monoisotopic (exact) mass is 567 g/mol. The first-order valence-electron chi connectivity index (χ1n) is 10.3. The van der Waals surface area contributed by atoms with Crippen LogP contribution in [0.4, 0.5) is 43.9 Å². The van der Waals surface area contributed by atoms with Crippen LogP contribution >= 0.6 is 0 Å². The molecule has 0 saturated heterocycles. The molecule has 0 aromatic carbocycles. The van der Waals surface area contributed by atoms with Crippen molar-refractivity contribution < 1.29 is 44.0 Å². The van der Waals surface area contributed by atoms with E-state index in [-0.39, 0.29) is 5.69 Å². The Hall–Kier alpha value is -3.64. The summed E-state index contributed by atoms with van der Waals surface area (Å²) in [5, 5.41) is 15.0. The number of hydrogen-bond donors (Lipinski definition) is 3. The number of alkyl halides is 6. The standard InChI is InChI=1S/C20H19F6N7O4S/c1-10(34)18(2,37-38(3,35)36)33-17-31-15(12-5-4-6-13(29-12)19(21,22)23)30-16(32-17)28-11-7-8-27-14(9-11)20(24,25)26/h4-10,34H,1-3H3,(H2,27,28,30,31,32,33). The van der Waals surface area contributed by atoms with Crippen LogP contribution in [0.25, 0.3) is 11.5 Å². The Balaban J connectivity index is 2.13. The third-order valence-electron chi connectivity index (χ3n) is 4.69. The minimum atomic E-state index is -4.82. The fraction of sp³-hybridized carbons (Fsp3) is 0.350. The number of pyridine rings is 2. The van der Waals surface area contributed by atoms with Crippen LogP contribution in [0.5, 0.6) is 0 Å². The molecule has 2 unspecified atom stereocenters. The molecule has 206 valence electrons. The molecule has 0 aliphatic heterocycles. The zero-order valence-corrected chi connectivity index (χ0v) is 20.4. The van der Waals surface area contributed by atoms with E-state index in [1.54, 1.807) is 0 Å². The molecule has 0 fully saturated rings. The topological polar surface area (TPSA) is 152 Å². The molecule has 0 amide bonds. The van der Waals surface area contributed by atoms with Crippen molar-refractivity contribution in [3.63, 3.8) is 0 Å². The minimum Gasteiger partial charge on any atom is -0.388 e. The highest BCUT2D eigenvalue weighted by atomic mass is 32.2. The summed E-state index contributed by atoms with van der Waals surface area (Å²) >= 11 is 0. The number of aliphatic hydroxyl groups is 1. The minimum absolute atomic E-state index is 0.196. The zero-order chi connectivity index (χ0) is 28.5. The molecule has 38 heavy (non-hydrogen) atoms. The fourth-order valence-corrected chi connectivity index (χ4v) is 3.65. The van der Waals surface area contributed by atoms with E-state index in [4.69, 9.17) is 4.18 Å².